The van der Waals surface area contributed by atoms with Crippen molar-refractivity contribution in [3.63, 3.8) is 0 Å². The zero-order valence-electron chi connectivity index (χ0n) is 11.4. The third-order valence-electron chi connectivity index (χ3n) is 3.99. The predicted octanol–water partition coefficient (Wildman–Crippen LogP) is 2.61. The van der Waals surface area contributed by atoms with Gasteiger partial charge in [0, 0.05) is 28.7 Å². The minimum Gasteiger partial charge on any atom is -0.295 e. The van der Waals surface area contributed by atoms with Crippen LogP contribution in [0.25, 0.3) is 0 Å². The first kappa shape index (κ1) is 17.9. The Labute approximate surface area is 119 Å². The Bertz CT molecular complexity index is 368. The molecular weight excluding hydrogens is 234 g/mol. The Morgan fingerprint density at radius 2 is 1.53 bits per heavy atom. The van der Waals surface area contributed by atoms with E-state index in [9.17, 15) is 9.59 Å². The fraction of sp³-hybridized carbons (Fsp3) is 0.600. The van der Waals surface area contributed by atoms with E-state index in [-0.39, 0.29) is 28.0 Å². The maximum absolute atomic E-state index is 11.3. The standard InChI is InChI=1S/C9H12O.C6H8O.2B/c10-8-4-1-2-5-9(8)6-3-7-9;7-6-4-2-1-3-5-6;;/h1,4H,2-3,5-7H2;2,4H,1,3,5H2;;. The van der Waals surface area contributed by atoms with Crippen LogP contribution in [0.4, 0.5) is 0 Å². The van der Waals surface area contributed by atoms with Gasteiger partial charge in [-0.15, -0.1) is 0 Å². The van der Waals surface area contributed by atoms with Gasteiger partial charge in [0.25, 0.3) is 0 Å². The number of allylic oxidation sites excluding steroid dienone is 4. The molecule has 0 aromatic heterocycles. The van der Waals surface area contributed by atoms with Gasteiger partial charge in [0.1, 0.15) is 0 Å². The highest BCUT2D eigenvalue weighted by Crippen LogP contribution is 2.47. The quantitative estimate of drug-likeness (QED) is 0.622. The number of carbonyl (C=O) groups excluding carboxylic acids is 2. The first-order valence-corrected chi connectivity index (χ1v) is 6.63. The van der Waals surface area contributed by atoms with Crippen molar-refractivity contribution in [1.29, 1.82) is 0 Å². The van der Waals surface area contributed by atoms with E-state index in [1.54, 1.807) is 12.2 Å². The Kier molecular flexibility index (Phi) is 7.73. The van der Waals surface area contributed by atoms with Gasteiger partial charge in [-0.1, -0.05) is 18.6 Å². The van der Waals surface area contributed by atoms with Gasteiger partial charge in [0.05, 0.1) is 0 Å². The lowest BCUT2D eigenvalue weighted by molar-refractivity contribution is -0.129. The second kappa shape index (κ2) is 8.19. The highest BCUT2D eigenvalue weighted by atomic mass is 16.1. The van der Waals surface area contributed by atoms with Crippen LogP contribution in [0, 0.1) is 5.41 Å². The third kappa shape index (κ3) is 4.52. The van der Waals surface area contributed by atoms with Gasteiger partial charge in [-0.3, -0.25) is 9.59 Å². The van der Waals surface area contributed by atoms with Gasteiger partial charge in [0.2, 0.25) is 0 Å². The van der Waals surface area contributed by atoms with Crippen LogP contribution in [-0.2, 0) is 9.59 Å². The maximum atomic E-state index is 11.3. The molecule has 0 unspecified atom stereocenters. The minimum absolute atomic E-state index is 0. The molecule has 6 radical (unpaired) electrons. The molecule has 0 aromatic carbocycles. The van der Waals surface area contributed by atoms with Crippen LogP contribution in [0.5, 0.6) is 0 Å². The summed E-state index contributed by atoms with van der Waals surface area (Å²) >= 11 is 0. The van der Waals surface area contributed by atoms with Crippen LogP contribution in [0.2, 0.25) is 0 Å². The van der Waals surface area contributed by atoms with Crippen molar-refractivity contribution in [1.82, 2.24) is 0 Å². The summed E-state index contributed by atoms with van der Waals surface area (Å²) in [7, 11) is 0. The molecule has 0 atom stereocenters. The molecule has 98 valence electrons. The predicted molar refractivity (Wildman–Crippen MR) is 79.2 cm³/mol. The van der Waals surface area contributed by atoms with Crippen molar-refractivity contribution < 1.29 is 9.59 Å². The molecule has 1 spiro atoms. The van der Waals surface area contributed by atoms with E-state index in [0.29, 0.717) is 5.78 Å². The van der Waals surface area contributed by atoms with Crippen LogP contribution in [0.15, 0.2) is 24.3 Å². The molecule has 19 heavy (non-hydrogen) atoms. The summed E-state index contributed by atoms with van der Waals surface area (Å²) in [5.74, 6) is 0.677. The molecule has 3 rings (SSSR count). The van der Waals surface area contributed by atoms with Crippen molar-refractivity contribution in [2.45, 2.75) is 51.4 Å². The zero-order valence-corrected chi connectivity index (χ0v) is 11.4. The van der Waals surface area contributed by atoms with Crippen LogP contribution in [-0.4, -0.2) is 28.4 Å². The molecule has 1 fully saturated rings. The van der Waals surface area contributed by atoms with E-state index >= 15 is 0 Å². The van der Waals surface area contributed by atoms with Gasteiger partial charge >= 0.3 is 0 Å². The second-order valence-electron chi connectivity index (χ2n) is 5.20. The van der Waals surface area contributed by atoms with E-state index in [1.165, 1.54) is 6.42 Å². The first-order valence-electron chi connectivity index (χ1n) is 6.63. The Balaban J connectivity index is 0.000000325. The summed E-state index contributed by atoms with van der Waals surface area (Å²) in [5.41, 5.74) is 0.134. The minimum atomic E-state index is 0. The van der Waals surface area contributed by atoms with Crippen molar-refractivity contribution in [3.05, 3.63) is 24.3 Å². The molecule has 3 aliphatic rings. The number of ketones is 2. The van der Waals surface area contributed by atoms with Gasteiger partial charge in [0.15, 0.2) is 11.6 Å². The summed E-state index contributed by atoms with van der Waals surface area (Å²) in [4.78, 5) is 21.7. The van der Waals surface area contributed by atoms with Gasteiger partial charge in [-0.05, 0) is 50.7 Å². The molecule has 0 heterocycles. The first-order chi connectivity index (χ1) is 8.23. The molecule has 3 aliphatic carbocycles. The molecule has 2 nitrogen and oxygen atoms in total. The molecular formula is C15H20B2O2. The van der Waals surface area contributed by atoms with E-state index < -0.39 is 0 Å². The Morgan fingerprint density at radius 1 is 0.842 bits per heavy atom. The molecule has 1 saturated carbocycles. The molecule has 0 bridgehead atoms. The second-order valence-corrected chi connectivity index (χ2v) is 5.20. The van der Waals surface area contributed by atoms with Crippen LogP contribution in [0.3, 0.4) is 0 Å². The molecule has 0 saturated heterocycles. The number of rotatable bonds is 0. The number of hydrogen-bond donors (Lipinski definition) is 0. The van der Waals surface area contributed by atoms with Crippen molar-refractivity contribution >= 4 is 28.4 Å². The van der Waals surface area contributed by atoms with Gasteiger partial charge < -0.3 is 0 Å². The number of hydrogen-bond acceptors (Lipinski definition) is 2. The molecule has 0 N–H and O–H groups in total. The SMILES string of the molecule is O=C1C=CCCC1.O=C1C=CCCC12CCC2.[B].[B]. The van der Waals surface area contributed by atoms with Gasteiger partial charge in [-0.2, -0.15) is 0 Å². The van der Waals surface area contributed by atoms with E-state index in [0.717, 1.165) is 44.9 Å². The van der Waals surface area contributed by atoms with Crippen molar-refractivity contribution in [2.24, 2.45) is 5.41 Å². The molecule has 4 heteroatoms. The van der Waals surface area contributed by atoms with E-state index in [1.807, 2.05) is 12.2 Å². The Hall–Kier alpha value is -1.05. The van der Waals surface area contributed by atoms with E-state index in [2.05, 4.69) is 0 Å². The average molecular weight is 254 g/mol. The highest BCUT2D eigenvalue weighted by molar-refractivity contribution is 5.96. The van der Waals surface area contributed by atoms with E-state index in [4.69, 9.17) is 0 Å². The van der Waals surface area contributed by atoms with Crippen molar-refractivity contribution in [3.8, 4) is 0 Å². The smallest absolute Gasteiger partial charge is 0.161 e. The summed E-state index contributed by atoms with van der Waals surface area (Å²) in [6.07, 6.45) is 16.1. The lowest BCUT2D eigenvalue weighted by Crippen LogP contribution is -2.38. The summed E-state index contributed by atoms with van der Waals surface area (Å²) in [5, 5.41) is 0. The van der Waals surface area contributed by atoms with Crippen LogP contribution >= 0.6 is 0 Å². The van der Waals surface area contributed by atoms with Crippen molar-refractivity contribution in [2.75, 3.05) is 0 Å². The normalized spacial score (nSPS) is 22.5. The highest BCUT2D eigenvalue weighted by Gasteiger charge is 2.42. The lowest BCUT2D eigenvalue weighted by atomic mass is 9.62. The fourth-order valence-electron chi connectivity index (χ4n) is 2.64. The molecule has 0 aliphatic heterocycles. The average Bonchev–Trinajstić information content (AvgIpc) is 2.29. The third-order valence-corrected chi connectivity index (χ3v) is 3.99. The summed E-state index contributed by atoms with van der Waals surface area (Å²) < 4.78 is 0. The maximum Gasteiger partial charge on any atom is 0.161 e. The monoisotopic (exact) mass is 254 g/mol. The zero-order chi connectivity index (χ0) is 12.1. The lowest BCUT2D eigenvalue weighted by Gasteiger charge is -2.41. The Morgan fingerprint density at radius 3 is 1.84 bits per heavy atom. The van der Waals surface area contributed by atoms with Gasteiger partial charge in [-0.25, -0.2) is 0 Å². The largest absolute Gasteiger partial charge is 0.295 e. The van der Waals surface area contributed by atoms with Crippen LogP contribution in [0.1, 0.15) is 51.4 Å². The summed E-state index contributed by atoms with van der Waals surface area (Å²) in [6, 6.07) is 0. The molecule has 0 aromatic rings. The summed E-state index contributed by atoms with van der Waals surface area (Å²) in [6.45, 7) is 0. The fourth-order valence-corrected chi connectivity index (χ4v) is 2.64. The molecule has 0 amide bonds. The topological polar surface area (TPSA) is 34.1 Å². The number of carbonyl (C=O) groups is 2. The van der Waals surface area contributed by atoms with Crippen LogP contribution < -0.4 is 0 Å².